The predicted octanol–water partition coefficient (Wildman–Crippen LogP) is 1.75. The monoisotopic (exact) mass is 334 g/mol. The van der Waals surface area contributed by atoms with Crippen LogP contribution in [0.5, 0.6) is 0 Å². The molecule has 4 heterocycles. The summed E-state index contributed by atoms with van der Waals surface area (Å²) in [5, 5.41) is 14.8. The van der Waals surface area contributed by atoms with E-state index >= 15 is 0 Å². The normalized spacial score (nSPS) is 10.9. The van der Waals surface area contributed by atoms with E-state index in [0.717, 1.165) is 17.0 Å². The maximum atomic E-state index is 12.2. The van der Waals surface area contributed by atoms with Crippen molar-refractivity contribution in [3.8, 4) is 11.3 Å². The average Bonchev–Trinajstić information content (AvgIpc) is 3.30. The minimum absolute atomic E-state index is 0.227. The van der Waals surface area contributed by atoms with Crippen molar-refractivity contribution in [3.05, 3.63) is 66.5 Å². The van der Waals surface area contributed by atoms with Gasteiger partial charge in [0, 0.05) is 43.2 Å². The van der Waals surface area contributed by atoms with Crippen molar-refractivity contribution in [2.45, 2.75) is 6.42 Å². The van der Waals surface area contributed by atoms with Crippen LogP contribution in [0.2, 0.25) is 0 Å². The second-order valence-electron chi connectivity index (χ2n) is 5.37. The van der Waals surface area contributed by atoms with E-state index in [2.05, 4.69) is 25.7 Å². The van der Waals surface area contributed by atoms with Gasteiger partial charge in [0.25, 0.3) is 5.91 Å². The molecular formula is C17H14N6O2. The van der Waals surface area contributed by atoms with E-state index in [-0.39, 0.29) is 11.6 Å². The zero-order valence-corrected chi connectivity index (χ0v) is 13.2. The number of aromatic nitrogens is 5. The molecule has 0 radical (unpaired) electrons. The number of hydrogen-bond acceptors (Lipinski definition) is 6. The third-order valence-electron chi connectivity index (χ3n) is 3.71. The van der Waals surface area contributed by atoms with E-state index in [1.165, 1.54) is 0 Å². The molecule has 0 aromatic carbocycles. The molecule has 0 unspecified atom stereocenters. The molecule has 8 nitrogen and oxygen atoms in total. The SMILES string of the molecule is O=C(NCCc1nnc2ccccn12)c1cc(-c2cccnc2)on1. The van der Waals surface area contributed by atoms with Gasteiger partial charge in [0.1, 0.15) is 5.82 Å². The van der Waals surface area contributed by atoms with E-state index in [9.17, 15) is 4.79 Å². The number of fused-ring (bicyclic) bond motifs is 1. The second-order valence-corrected chi connectivity index (χ2v) is 5.37. The Balaban J connectivity index is 1.39. The molecule has 0 aliphatic heterocycles. The second kappa shape index (κ2) is 6.52. The van der Waals surface area contributed by atoms with Crippen LogP contribution in [0.1, 0.15) is 16.3 Å². The lowest BCUT2D eigenvalue weighted by molar-refractivity contribution is 0.0945. The van der Waals surface area contributed by atoms with E-state index in [1.54, 1.807) is 24.5 Å². The highest BCUT2D eigenvalue weighted by atomic mass is 16.5. The molecule has 0 bridgehead atoms. The Morgan fingerprint density at radius 2 is 2.16 bits per heavy atom. The van der Waals surface area contributed by atoms with Gasteiger partial charge in [0.2, 0.25) is 0 Å². The van der Waals surface area contributed by atoms with Crippen LogP contribution in [-0.4, -0.2) is 37.2 Å². The Hall–Kier alpha value is -3.55. The lowest BCUT2D eigenvalue weighted by atomic mass is 10.2. The van der Waals surface area contributed by atoms with Gasteiger partial charge in [-0.15, -0.1) is 10.2 Å². The van der Waals surface area contributed by atoms with Crippen LogP contribution in [0.4, 0.5) is 0 Å². The molecule has 124 valence electrons. The van der Waals surface area contributed by atoms with Crippen molar-refractivity contribution in [1.29, 1.82) is 0 Å². The number of carbonyl (C=O) groups excluding carboxylic acids is 1. The lowest BCUT2D eigenvalue weighted by Crippen LogP contribution is -2.26. The zero-order chi connectivity index (χ0) is 17.1. The average molecular weight is 334 g/mol. The largest absolute Gasteiger partial charge is 0.355 e. The van der Waals surface area contributed by atoms with Crippen molar-refractivity contribution in [3.63, 3.8) is 0 Å². The van der Waals surface area contributed by atoms with Crippen molar-refractivity contribution in [2.75, 3.05) is 6.54 Å². The number of nitrogens with one attached hydrogen (secondary N) is 1. The fourth-order valence-corrected chi connectivity index (χ4v) is 2.47. The Kier molecular flexibility index (Phi) is 3.91. The first-order chi connectivity index (χ1) is 12.3. The van der Waals surface area contributed by atoms with E-state index in [0.29, 0.717) is 18.7 Å². The Morgan fingerprint density at radius 1 is 1.20 bits per heavy atom. The minimum atomic E-state index is -0.298. The van der Waals surface area contributed by atoms with E-state index < -0.39 is 0 Å². The molecule has 4 aromatic rings. The van der Waals surface area contributed by atoms with Gasteiger partial charge in [-0.3, -0.25) is 14.2 Å². The Morgan fingerprint density at radius 3 is 3.04 bits per heavy atom. The van der Waals surface area contributed by atoms with E-state index in [4.69, 9.17) is 4.52 Å². The third kappa shape index (κ3) is 3.09. The molecule has 1 amide bonds. The number of rotatable bonds is 5. The van der Waals surface area contributed by atoms with E-state index in [1.807, 2.05) is 34.9 Å². The van der Waals surface area contributed by atoms with Gasteiger partial charge in [-0.05, 0) is 24.3 Å². The lowest BCUT2D eigenvalue weighted by Gasteiger charge is -2.01. The summed E-state index contributed by atoms with van der Waals surface area (Å²) < 4.78 is 7.10. The standard InChI is InChI=1S/C17H14N6O2/c24-17(13-10-14(25-22-13)12-4-3-7-18-11-12)19-8-6-16-21-20-15-5-1-2-9-23(15)16/h1-5,7,9-11H,6,8H2,(H,19,24). The highest BCUT2D eigenvalue weighted by Gasteiger charge is 2.14. The molecule has 0 atom stereocenters. The molecular weight excluding hydrogens is 320 g/mol. The van der Waals surface area contributed by atoms with Crippen molar-refractivity contribution < 1.29 is 9.32 Å². The molecule has 25 heavy (non-hydrogen) atoms. The van der Waals surface area contributed by atoms with Crippen LogP contribution < -0.4 is 5.32 Å². The molecule has 0 aliphatic rings. The highest BCUT2D eigenvalue weighted by Crippen LogP contribution is 2.18. The highest BCUT2D eigenvalue weighted by molar-refractivity contribution is 5.93. The maximum Gasteiger partial charge on any atom is 0.273 e. The molecule has 0 spiro atoms. The first-order valence-electron chi connectivity index (χ1n) is 7.75. The van der Waals surface area contributed by atoms with Gasteiger partial charge in [-0.25, -0.2) is 0 Å². The van der Waals surface area contributed by atoms with Crippen molar-refractivity contribution in [2.24, 2.45) is 0 Å². The first kappa shape index (κ1) is 15.0. The van der Waals surface area contributed by atoms with Gasteiger partial charge in [-0.2, -0.15) is 0 Å². The molecule has 0 saturated carbocycles. The summed E-state index contributed by atoms with van der Waals surface area (Å²) >= 11 is 0. The molecule has 8 heteroatoms. The summed E-state index contributed by atoms with van der Waals surface area (Å²) in [6.07, 6.45) is 5.77. The van der Waals surface area contributed by atoms with Crippen LogP contribution in [-0.2, 0) is 6.42 Å². The number of hydrogen-bond donors (Lipinski definition) is 1. The topological polar surface area (TPSA) is 98.2 Å². The smallest absolute Gasteiger partial charge is 0.273 e. The summed E-state index contributed by atoms with van der Waals surface area (Å²) in [7, 11) is 0. The molecule has 0 saturated heterocycles. The van der Waals surface area contributed by atoms with Crippen molar-refractivity contribution >= 4 is 11.6 Å². The minimum Gasteiger partial charge on any atom is -0.355 e. The quantitative estimate of drug-likeness (QED) is 0.597. The molecule has 4 aromatic heterocycles. The maximum absolute atomic E-state index is 12.2. The summed E-state index contributed by atoms with van der Waals surface area (Å²) in [6, 6.07) is 10.9. The molecule has 1 N–H and O–H groups in total. The summed E-state index contributed by atoms with van der Waals surface area (Å²) in [6.45, 7) is 0.420. The number of carbonyl (C=O) groups is 1. The number of pyridine rings is 2. The fourth-order valence-electron chi connectivity index (χ4n) is 2.47. The number of nitrogens with zero attached hydrogens (tertiary/aromatic N) is 5. The van der Waals surface area contributed by atoms with Gasteiger partial charge in [0.05, 0.1) is 0 Å². The fraction of sp³-hybridized carbons (Fsp3) is 0.118. The van der Waals surface area contributed by atoms with Crippen LogP contribution >= 0.6 is 0 Å². The zero-order valence-electron chi connectivity index (χ0n) is 13.2. The van der Waals surface area contributed by atoms with Gasteiger partial charge in [0.15, 0.2) is 17.1 Å². The van der Waals surface area contributed by atoms with Gasteiger partial charge < -0.3 is 9.84 Å². The Labute approximate surface area is 142 Å². The van der Waals surface area contributed by atoms with Crippen LogP contribution in [0.25, 0.3) is 17.0 Å². The summed E-state index contributed by atoms with van der Waals surface area (Å²) in [5.41, 5.74) is 1.77. The summed E-state index contributed by atoms with van der Waals surface area (Å²) in [5.74, 6) is 0.988. The summed E-state index contributed by atoms with van der Waals surface area (Å²) in [4.78, 5) is 16.2. The Bertz CT molecular complexity index is 1010. The molecule has 0 fully saturated rings. The van der Waals surface area contributed by atoms with Crippen LogP contribution in [0, 0.1) is 0 Å². The molecule has 0 aliphatic carbocycles. The number of amides is 1. The van der Waals surface area contributed by atoms with Gasteiger partial charge >= 0.3 is 0 Å². The third-order valence-corrected chi connectivity index (χ3v) is 3.71. The van der Waals surface area contributed by atoms with Gasteiger partial charge in [-0.1, -0.05) is 11.2 Å². The van der Waals surface area contributed by atoms with Crippen molar-refractivity contribution in [1.82, 2.24) is 30.1 Å². The predicted molar refractivity (Wildman–Crippen MR) is 88.8 cm³/mol. The molecule has 4 rings (SSSR count). The van der Waals surface area contributed by atoms with Crippen LogP contribution in [0.15, 0.2) is 59.5 Å². The first-order valence-corrected chi connectivity index (χ1v) is 7.75. The van der Waals surface area contributed by atoms with Crippen LogP contribution in [0.3, 0.4) is 0 Å².